The third kappa shape index (κ3) is 3.25. The van der Waals surface area contributed by atoms with Gasteiger partial charge in [0.2, 0.25) is 0 Å². The molecule has 120 valence electrons. The van der Waals surface area contributed by atoms with Gasteiger partial charge in [-0.3, -0.25) is 0 Å². The maximum Gasteiger partial charge on any atom is 0.153 e. The van der Waals surface area contributed by atoms with Crippen LogP contribution in [0.15, 0.2) is 54.9 Å². The number of nitrogen functional groups attached to an aromatic ring is 2. The molecule has 24 heavy (non-hydrogen) atoms. The zero-order valence-electron chi connectivity index (χ0n) is 13.7. The summed E-state index contributed by atoms with van der Waals surface area (Å²) >= 11 is 0. The van der Waals surface area contributed by atoms with Crippen LogP contribution < -0.4 is 11.5 Å². The Hall–Kier alpha value is -3.21. The van der Waals surface area contributed by atoms with Crippen LogP contribution in [-0.4, -0.2) is 15.2 Å². The van der Waals surface area contributed by atoms with Crippen molar-refractivity contribution >= 4 is 33.2 Å². The van der Waals surface area contributed by atoms with Crippen LogP contribution in [-0.2, 0) is 0 Å². The molecular weight excluding hydrogens is 298 g/mol. The van der Waals surface area contributed by atoms with Gasteiger partial charge in [-0.25, -0.2) is 4.98 Å². The molecule has 0 radical (unpaired) electrons. The number of aromatic nitrogens is 3. The van der Waals surface area contributed by atoms with E-state index in [2.05, 4.69) is 33.4 Å². The first-order valence-corrected chi connectivity index (χ1v) is 7.63. The highest BCUT2D eigenvalue weighted by atomic mass is 15.1. The van der Waals surface area contributed by atoms with Gasteiger partial charge in [0.1, 0.15) is 5.82 Å². The van der Waals surface area contributed by atoms with E-state index in [0.717, 1.165) is 21.5 Å². The molecule has 0 aliphatic carbocycles. The summed E-state index contributed by atoms with van der Waals surface area (Å²) in [4.78, 5) is 4.03. The third-order valence-corrected chi connectivity index (χ3v) is 3.80. The summed E-state index contributed by atoms with van der Waals surface area (Å²) in [5.41, 5.74) is 13.8. The van der Waals surface area contributed by atoms with E-state index < -0.39 is 0 Å². The molecule has 2 aromatic carbocycles. The lowest BCUT2D eigenvalue weighted by molar-refractivity contribution is 1.06. The quantitative estimate of drug-likeness (QED) is 0.516. The van der Waals surface area contributed by atoms with Crippen LogP contribution in [0.1, 0.15) is 11.1 Å². The number of fused-ring (bicyclic) bond motifs is 2. The molecule has 2 heterocycles. The number of nitrogens with two attached hydrogens (primary N) is 2. The Morgan fingerprint density at radius 1 is 0.750 bits per heavy atom. The van der Waals surface area contributed by atoms with Gasteiger partial charge < -0.3 is 11.5 Å². The molecular formula is C19H19N5. The van der Waals surface area contributed by atoms with Gasteiger partial charge in [0, 0.05) is 22.4 Å². The first kappa shape index (κ1) is 15.7. The number of aryl methyl sites for hydroxylation is 2. The first-order chi connectivity index (χ1) is 11.5. The SMILES string of the molecule is Cc1ccc2c(N)nncc2c1.Cc1ccc2ccnc(N)c2c1. The lowest BCUT2D eigenvalue weighted by Crippen LogP contribution is -1.93. The van der Waals surface area contributed by atoms with E-state index >= 15 is 0 Å². The van der Waals surface area contributed by atoms with Crippen molar-refractivity contribution in [2.24, 2.45) is 0 Å². The second kappa shape index (κ2) is 6.50. The molecule has 0 amide bonds. The van der Waals surface area contributed by atoms with E-state index in [-0.39, 0.29) is 0 Å². The normalized spacial score (nSPS) is 10.4. The fourth-order valence-electron chi connectivity index (χ4n) is 2.53. The maximum atomic E-state index is 5.71. The molecule has 4 rings (SSSR count). The Labute approximate surface area is 140 Å². The van der Waals surface area contributed by atoms with Crippen molar-refractivity contribution in [3.8, 4) is 0 Å². The summed E-state index contributed by atoms with van der Waals surface area (Å²) in [6, 6.07) is 14.2. The zero-order chi connectivity index (χ0) is 17.1. The van der Waals surface area contributed by atoms with Gasteiger partial charge in [-0.15, -0.1) is 5.10 Å². The molecule has 0 atom stereocenters. The van der Waals surface area contributed by atoms with Crippen LogP contribution in [0.2, 0.25) is 0 Å². The Morgan fingerprint density at radius 3 is 2.33 bits per heavy atom. The van der Waals surface area contributed by atoms with Crippen LogP contribution >= 0.6 is 0 Å². The third-order valence-electron chi connectivity index (χ3n) is 3.80. The number of hydrogen-bond acceptors (Lipinski definition) is 5. The molecule has 5 heteroatoms. The summed E-state index contributed by atoms with van der Waals surface area (Å²) < 4.78 is 0. The molecule has 0 spiro atoms. The number of anilines is 2. The molecule has 4 aromatic rings. The lowest BCUT2D eigenvalue weighted by Gasteiger charge is -2.00. The van der Waals surface area contributed by atoms with Crippen molar-refractivity contribution in [2.75, 3.05) is 11.5 Å². The fraction of sp³-hybridized carbons (Fsp3) is 0.105. The topological polar surface area (TPSA) is 90.7 Å². The number of nitrogens with zero attached hydrogens (tertiary/aromatic N) is 3. The molecule has 0 bridgehead atoms. The van der Waals surface area contributed by atoms with Crippen molar-refractivity contribution in [3.63, 3.8) is 0 Å². The molecule has 0 aliphatic rings. The van der Waals surface area contributed by atoms with E-state index in [4.69, 9.17) is 11.5 Å². The van der Waals surface area contributed by atoms with Crippen molar-refractivity contribution in [1.82, 2.24) is 15.2 Å². The van der Waals surface area contributed by atoms with Crippen molar-refractivity contribution in [1.29, 1.82) is 0 Å². The van der Waals surface area contributed by atoms with E-state index in [1.54, 1.807) is 12.4 Å². The van der Waals surface area contributed by atoms with Crippen LogP contribution in [0.4, 0.5) is 11.6 Å². The molecule has 0 aliphatic heterocycles. The maximum absolute atomic E-state index is 5.71. The van der Waals surface area contributed by atoms with E-state index in [0.29, 0.717) is 11.6 Å². The second-order valence-corrected chi connectivity index (χ2v) is 5.74. The Balaban J connectivity index is 0.000000141. The Kier molecular flexibility index (Phi) is 4.24. The largest absolute Gasteiger partial charge is 0.383 e. The van der Waals surface area contributed by atoms with E-state index in [9.17, 15) is 0 Å². The lowest BCUT2D eigenvalue weighted by atomic mass is 10.1. The number of benzene rings is 2. The molecule has 0 saturated heterocycles. The predicted octanol–water partition coefficient (Wildman–Crippen LogP) is 3.65. The van der Waals surface area contributed by atoms with Crippen LogP contribution in [0.3, 0.4) is 0 Å². The monoisotopic (exact) mass is 317 g/mol. The highest BCUT2D eigenvalue weighted by Gasteiger charge is 1.98. The summed E-state index contributed by atoms with van der Waals surface area (Å²) in [5, 5.41) is 11.7. The van der Waals surface area contributed by atoms with Gasteiger partial charge in [0.05, 0.1) is 6.20 Å². The van der Waals surface area contributed by atoms with E-state index in [1.165, 1.54) is 11.1 Å². The average molecular weight is 317 g/mol. The first-order valence-electron chi connectivity index (χ1n) is 7.63. The van der Waals surface area contributed by atoms with Gasteiger partial charge in [-0.2, -0.15) is 5.10 Å². The molecule has 0 saturated carbocycles. The molecule has 0 fully saturated rings. The second-order valence-electron chi connectivity index (χ2n) is 5.74. The van der Waals surface area contributed by atoms with E-state index in [1.807, 2.05) is 38.1 Å². The number of hydrogen-bond donors (Lipinski definition) is 2. The van der Waals surface area contributed by atoms with Gasteiger partial charge in [0.25, 0.3) is 0 Å². The average Bonchev–Trinajstić information content (AvgIpc) is 2.56. The molecule has 4 N–H and O–H groups in total. The van der Waals surface area contributed by atoms with Crippen LogP contribution in [0, 0.1) is 13.8 Å². The summed E-state index contributed by atoms with van der Waals surface area (Å²) in [7, 11) is 0. The zero-order valence-corrected chi connectivity index (χ0v) is 13.7. The van der Waals surface area contributed by atoms with Crippen molar-refractivity contribution < 1.29 is 0 Å². The molecule has 0 unspecified atom stereocenters. The highest BCUT2D eigenvalue weighted by Crippen LogP contribution is 2.19. The van der Waals surface area contributed by atoms with Gasteiger partial charge >= 0.3 is 0 Å². The van der Waals surface area contributed by atoms with Gasteiger partial charge in [-0.05, 0) is 37.4 Å². The molecule has 5 nitrogen and oxygen atoms in total. The minimum atomic E-state index is 0.493. The van der Waals surface area contributed by atoms with Crippen LogP contribution in [0.5, 0.6) is 0 Å². The predicted molar refractivity (Wildman–Crippen MR) is 99.6 cm³/mol. The summed E-state index contributed by atoms with van der Waals surface area (Å²) in [6.45, 7) is 4.09. The fourth-order valence-corrected chi connectivity index (χ4v) is 2.53. The summed E-state index contributed by atoms with van der Waals surface area (Å²) in [5.74, 6) is 1.10. The highest BCUT2D eigenvalue weighted by molar-refractivity contribution is 5.91. The van der Waals surface area contributed by atoms with Crippen molar-refractivity contribution in [2.45, 2.75) is 13.8 Å². The van der Waals surface area contributed by atoms with Crippen LogP contribution in [0.25, 0.3) is 21.5 Å². The number of rotatable bonds is 0. The van der Waals surface area contributed by atoms with Gasteiger partial charge in [-0.1, -0.05) is 35.4 Å². The van der Waals surface area contributed by atoms with Gasteiger partial charge in [0.15, 0.2) is 5.82 Å². The number of pyridine rings is 1. The minimum absolute atomic E-state index is 0.493. The standard InChI is InChI=1S/C10H10N2.C9H9N3/c1-7-2-3-8-4-5-12-10(11)9(8)6-7;1-6-2-3-8-7(4-6)5-11-12-9(8)10/h2-6H,1H3,(H2,11,12);2-5H,1H3,(H2,10,12). The molecule has 2 aromatic heterocycles. The Bertz CT molecular complexity index is 1010. The minimum Gasteiger partial charge on any atom is -0.383 e. The Morgan fingerprint density at radius 2 is 1.50 bits per heavy atom. The summed E-state index contributed by atoms with van der Waals surface area (Å²) in [6.07, 6.45) is 3.45. The van der Waals surface area contributed by atoms with Crippen molar-refractivity contribution in [3.05, 3.63) is 66.0 Å². The smallest absolute Gasteiger partial charge is 0.153 e.